The third-order valence-electron chi connectivity index (χ3n) is 6.86. The average Bonchev–Trinajstić information content (AvgIpc) is 3.51. The number of rotatable bonds is 5. The molecule has 1 aliphatic rings. The summed E-state index contributed by atoms with van der Waals surface area (Å²) in [6.07, 6.45) is 3.13. The Balaban J connectivity index is 1.28. The largest absolute Gasteiger partial charge is 0.334 e. The molecule has 2 amide bonds. The summed E-state index contributed by atoms with van der Waals surface area (Å²) in [5, 5.41) is 18.6. The number of nitrogens with zero attached hydrogens (tertiary/aromatic N) is 5. The lowest BCUT2D eigenvalue weighted by Crippen LogP contribution is -2.35. The molecule has 4 aromatic rings. The fourth-order valence-electron chi connectivity index (χ4n) is 4.80. The number of fused-ring (bicyclic) bond motifs is 2. The van der Waals surface area contributed by atoms with Gasteiger partial charge >= 0.3 is 0 Å². The van der Waals surface area contributed by atoms with Gasteiger partial charge in [-0.05, 0) is 73.9 Å². The number of aryl methyl sites for hydroxylation is 2. The molecule has 9 heteroatoms. The predicted octanol–water partition coefficient (Wildman–Crippen LogP) is 4.36. The lowest BCUT2D eigenvalue weighted by molar-refractivity contribution is -0.116. The van der Waals surface area contributed by atoms with E-state index >= 15 is 0 Å². The van der Waals surface area contributed by atoms with Crippen molar-refractivity contribution < 1.29 is 9.59 Å². The van der Waals surface area contributed by atoms with Crippen molar-refractivity contribution in [3.8, 4) is 6.07 Å². The summed E-state index contributed by atoms with van der Waals surface area (Å²) in [7, 11) is 0. The molecule has 5 rings (SSSR count). The zero-order valence-corrected chi connectivity index (χ0v) is 21.3. The minimum Gasteiger partial charge on any atom is -0.334 e. The second-order valence-electron chi connectivity index (χ2n) is 9.04. The minimum absolute atomic E-state index is 0.0120. The van der Waals surface area contributed by atoms with Gasteiger partial charge in [-0.25, -0.2) is 9.50 Å². The number of aromatic nitrogens is 3. The Morgan fingerprint density at radius 2 is 2.06 bits per heavy atom. The molecular weight excluding hydrogens is 472 g/mol. The smallest absolute Gasteiger partial charge is 0.254 e. The number of thiophene rings is 1. The zero-order chi connectivity index (χ0) is 25.4. The lowest BCUT2D eigenvalue weighted by Gasteiger charge is -2.28. The molecular formula is C27H26N6O2S. The molecule has 0 atom stereocenters. The van der Waals surface area contributed by atoms with Crippen LogP contribution in [0.25, 0.3) is 5.65 Å². The summed E-state index contributed by atoms with van der Waals surface area (Å²) >= 11 is 1.75. The van der Waals surface area contributed by atoms with Crippen molar-refractivity contribution in [3.05, 3.63) is 79.9 Å². The van der Waals surface area contributed by atoms with Crippen LogP contribution in [0.1, 0.15) is 55.3 Å². The summed E-state index contributed by atoms with van der Waals surface area (Å²) in [6.45, 7) is 7.00. The molecule has 1 N–H and O–H groups in total. The Morgan fingerprint density at radius 3 is 2.86 bits per heavy atom. The van der Waals surface area contributed by atoms with Crippen LogP contribution in [-0.2, 0) is 24.2 Å². The standard InChI is InChI=1S/C27H26N6O2S/c1-16-21(27(35)32-11-9-24-19(15-32)10-12-36-24)5-4-6-23(16)31-25(34)8-7-22-17(2)30-26-20(13-28)14-29-33(26)18(22)3/h4-6,10,12,14H,7-9,11,15H2,1-3H3,(H,31,34). The maximum Gasteiger partial charge on any atom is 0.254 e. The van der Waals surface area contributed by atoms with E-state index in [0.29, 0.717) is 42.0 Å². The number of nitrogens with one attached hydrogen (secondary N) is 1. The first-order valence-electron chi connectivity index (χ1n) is 11.8. The third kappa shape index (κ3) is 4.25. The molecule has 0 unspecified atom stereocenters. The van der Waals surface area contributed by atoms with Crippen LogP contribution < -0.4 is 5.32 Å². The van der Waals surface area contributed by atoms with Gasteiger partial charge in [0, 0.05) is 47.0 Å². The molecule has 0 saturated carbocycles. The summed E-state index contributed by atoms with van der Waals surface area (Å²) < 4.78 is 1.65. The van der Waals surface area contributed by atoms with Crippen molar-refractivity contribution >= 4 is 34.5 Å². The van der Waals surface area contributed by atoms with Gasteiger partial charge in [0.2, 0.25) is 5.91 Å². The fraction of sp³-hybridized carbons (Fsp3) is 0.296. The molecule has 1 aromatic carbocycles. The van der Waals surface area contributed by atoms with E-state index < -0.39 is 0 Å². The van der Waals surface area contributed by atoms with Crippen molar-refractivity contribution in [1.29, 1.82) is 5.26 Å². The lowest BCUT2D eigenvalue weighted by atomic mass is 10.0. The van der Waals surface area contributed by atoms with Crippen molar-refractivity contribution in [2.45, 2.75) is 46.6 Å². The molecule has 4 heterocycles. The number of hydrogen-bond acceptors (Lipinski definition) is 6. The summed E-state index contributed by atoms with van der Waals surface area (Å²) in [5.74, 6) is -0.150. The van der Waals surface area contributed by atoms with Gasteiger partial charge in [-0.3, -0.25) is 9.59 Å². The van der Waals surface area contributed by atoms with E-state index in [2.05, 4.69) is 32.9 Å². The summed E-state index contributed by atoms with van der Waals surface area (Å²) in [6, 6.07) is 9.66. The van der Waals surface area contributed by atoms with Crippen LogP contribution in [0.15, 0.2) is 35.8 Å². The molecule has 3 aromatic heterocycles. The number of carbonyl (C=O) groups excluding carboxylic acids is 2. The third-order valence-corrected chi connectivity index (χ3v) is 7.89. The van der Waals surface area contributed by atoms with Gasteiger partial charge in [0.15, 0.2) is 5.65 Å². The van der Waals surface area contributed by atoms with Crippen molar-refractivity contribution in [2.24, 2.45) is 0 Å². The zero-order valence-electron chi connectivity index (χ0n) is 20.5. The van der Waals surface area contributed by atoms with E-state index in [1.54, 1.807) is 15.9 Å². The van der Waals surface area contributed by atoms with Crippen LogP contribution in [0, 0.1) is 32.1 Å². The van der Waals surface area contributed by atoms with Crippen LogP contribution >= 0.6 is 11.3 Å². The number of anilines is 1. The van der Waals surface area contributed by atoms with Gasteiger partial charge in [-0.15, -0.1) is 11.3 Å². The Kier molecular flexibility index (Phi) is 6.29. The van der Waals surface area contributed by atoms with Gasteiger partial charge < -0.3 is 10.2 Å². The van der Waals surface area contributed by atoms with Crippen LogP contribution in [0.5, 0.6) is 0 Å². The number of benzene rings is 1. The maximum absolute atomic E-state index is 13.3. The van der Waals surface area contributed by atoms with Crippen LogP contribution in [0.4, 0.5) is 5.69 Å². The van der Waals surface area contributed by atoms with Crippen molar-refractivity contribution in [3.63, 3.8) is 0 Å². The second-order valence-corrected chi connectivity index (χ2v) is 10.0. The highest BCUT2D eigenvalue weighted by atomic mass is 32.1. The molecule has 8 nitrogen and oxygen atoms in total. The Hall–Kier alpha value is -4.03. The molecule has 36 heavy (non-hydrogen) atoms. The Morgan fingerprint density at radius 1 is 1.22 bits per heavy atom. The first kappa shape index (κ1) is 23.7. The molecule has 0 fully saturated rings. The first-order valence-corrected chi connectivity index (χ1v) is 12.7. The van der Waals surface area contributed by atoms with E-state index in [1.165, 1.54) is 16.6 Å². The van der Waals surface area contributed by atoms with E-state index in [9.17, 15) is 14.9 Å². The monoisotopic (exact) mass is 498 g/mol. The normalized spacial score (nSPS) is 12.9. The Bertz CT molecular complexity index is 1540. The summed E-state index contributed by atoms with van der Waals surface area (Å²) in [4.78, 5) is 33.9. The number of hydrogen-bond donors (Lipinski definition) is 1. The van der Waals surface area contributed by atoms with Crippen molar-refractivity contribution in [1.82, 2.24) is 19.5 Å². The van der Waals surface area contributed by atoms with Gasteiger partial charge in [0.1, 0.15) is 11.6 Å². The molecule has 0 saturated heterocycles. The number of nitriles is 1. The van der Waals surface area contributed by atoms with Gasteiger partial charge in [0.25, 0.3) is 5.91 Å². The quantitative estimate of drug-likeness (QED) is 0.440. The van der Waals surface area contributed by atoms with Crippen molar-refractivity contribution in [2.75, 3.05) is 11.9 Å². The SMILES string of the molecule is Cc1nc2c(C#N)cnn2c(C)c1CCC(=O)Nc1cccc(C(=O)N2CCc3sccc3C2)c1C. The first-order chi connectivity index (χ1) is 17.4. The van der Waals surface area contributed by atoms with Crippen LogP contribution in [0.2, 0.25) is 0 Å². The maximum atomic E-state index is 13.3. The molecule has 0 aliphatic carbocycles. The molecule has 1 aliphatic heterocycles. The fourth-order valence-corrected chi connectivity index (χ4v) is 5.69. The average molecular weight is 499 g/mol. The number of amides is 2. The molecule has 182 valence electrons. The molecule has 0 spiro atoms. The topological polar surface area (TPSA) is 103 Å². The second kappa shape index (κ2) is 9.55. The highest BCUT2D eigenvalue weighted by Crippen LogP contribution is 2.27. The van der Waals surface area contributed by atoms with Gasteiger partial charge in [-0.2, -0.15) is 10.4 Å². The summed E-state index contributed by atoms with van der Waals surface area (Å²) in [5.41, 5.74) is 6.78. The van der Waals surface area contributed by atoms with Gasteiger partial charge in [0.05, 0.1) is 6.20 Å². The van der Waals surface area contributed by atoms with Gasteiger partial charge in [-0.1, -0.05) is 6.07 Å². The number of carbonyl (C=O) groups is 2. The van der Waals surface area contributed by atoms with E-state index in [-0.39, 0.29) is 18.2 Å². The minimum atomic E-state index is -0.138. The highest BCUT2D eigenvalue weighted by molar-refractivity contribution is 7.10. The van der Waals surface area contributed by atoms with E-state index in [0.717, 1.165) is 28.9 Å². The van der Waals surface area contributed by atoms with Crippen LogP contribution in [-0.4, -0.2) is 37.9 Å². The Labute approximate surface area is 213 Å². The molecule has 0 radical (unpaired) electrons. The molecule has 0 bridgehead atoms. The van der Waals surface area contributed by atoms with E-state index in [1.807, 2.05) is 43.9 Å². The van der Waals surface area contributed by atoms with Crippen LogP contribution in [0.3, 0.4) is 0 Å². The van der Waals surface area contributed by atoms with E-state index in [4.69, 9.17) is 0 Å². The highest BCUT2D eigenvalue weighted by Gasteiger charge is 2.24. The predicted molar refractivity (Wildman–Crippen MR) is 138 cm³/mol.